The van der Waals surface area contributed by atoms with Gasteiger partial charge < -0.3 is 4.74 Å². The van der Waals surface area contributed by atoms with Crippen LogP contribution < -0.4 is 0 Å². The van der Waals surface area contributed by atoms with E-state index >= 15 is 0 Å². The summed E-state index contributed by atoms with van der Waals surface area (Å²) >= 11 is 0. The maximum Gasteiger partial charge on any atom is 0.307 e. The van der Waals surface area contributed by atoms with Gasteiger partial charge in [0.25, 0.3) is 0 Å². The fraction of sp³-hybridized carbons (Fsp3) is 0.545. The van der Waals surface area contributed by atoms with Gasteiger partial charge in [0.15, 0.2) is 0 Å². The highest BCUT2D eigenvalue weighted by atomic mass is 16.5. The van der Waals surface area contributed by atoms with Crippen LogP contribution in [0.2, 0.25) is 0 Å². The molecule has 0 saturated carbocycles. The Kier molecular flexibility index (Phi) is 6.98. The molecule has 2 nitrogen and oxygen atoms in total. The van der Waals surface area contributed by atoms with E-state index in [-0.39, 0.29) is 5.97 Å². The molecule has 0 aliphatic heterocycles. The van der Waals surface area contributed by atoms with Gasteiger partial charge >= 0.3 is 5.97 Å². The highest BCUT2D eigenvalue weighted by Gasteiger charge is 1.91. The predicted molar refractivity (Wildman–Crippen MR) is 54.2 cm³/mol. The standard InChI is InChI=1S/C11H18O2/c1-4-5-6-7-8-9-10(2)13-11(3)12/h7-9H,4-6H2,1-3H3. The average molecular weight is 182 g/mol. The Hall–Kier alpha value is -1.05. The SMILES string of the molecule is CCCCC=CC=C(C)OC(C)=O. The summed E-state index contributed by atoms with van der Waals surface area (Å²) < 4.78 is 4.83. The molecule has 0 heterocycles. The van der Waals surface area contributed by atoms with E-state index in [0.29, 0.717) is 5.76 Å². The molecule has 0 amide bonds. The van der Waals surface area contributed by atoms with Crippen LogP contribution in [0, 0.1) is 0 Å². The predicted octanol–water partition coefficient (Wildman–Crippen LogP) is 3.20. The van der Waals surface area contributed by atoms with E-state index in [9.17, 15) is 4.79 Å². The van der Waals surface area contributed by atoms with Crippen LogP contribution in [0.4, 0.5) is 0 Å². The molecule has 0 aromatic carbocycles. The third-order valence-electron chi connectivity index (χ3n) is 1.50. The second kappa shape index (κ2) is 7.59. The summed E-state index contributed by atoms with van der Waals surface area (Å²) in [4.78, 5) is 10.5. The minimum atomic E-state index is -0.268. The van der Waals surface area contributed by atoms with Crippen LogP contribution in [0.15, 0.2) is 24.0 Å². The molecule has 0 aromatic rings. The number of rotatable bonds is 5. The Balaban J connectivity index is 3.68. The zero-order valence-electron chi connectivity index (χ0n) is 8.67. The summed E-state index contributed by atoms with van der Waals surface area (Å²) in [5.41, 5.74) is 0. The van der Waals surface area contributed by atoms with Crippen molar-refractivity contribution in [2.24, 2.45) is 0 Å². The lowest BCUT2D eigenvalue weighted by molar-refractivity contribution is -0.136. The number of unbranched alkanes of at least 4 members (excludes halogenated alkanes) is 2. The smallest absolute Gasteiger partial charge is 0.307 e. The maximum atomic E-state index is 10.5. The zero-order chi connectivity index (χ0) is 10.1. The summed E-state index contributed by atoms with van der Waals surface area (Å²) in [5.74, 6) is 0.371. The maximum absolute atomic E-state index is 10.5. The van der Waals surface area contributed by atoms with Gasteiger partial charge in [-0.25, -0.2) is 0 Å². The third kappa shape index (κ3) is 8.86. The van der Waals surface area contributed by atoms with Gasteiger partial charge in [0, 0.05) is 6.92 Å². The number of esters is 1. The summed E-state index contributed by atoms with van der Waals surface area (Å²) in [6.45, 7) is 5.33. The van der Waals surface area contributed by atoms with Gasteiger partial charge in [-0.05, 0) is 19.4 Å². The molecule has 0 bridgehead atoms. The molecule has 0 radical (unpaired) electrons. The molecular formula is C11H18O2. The van der Waals surface area contributed by atoms with Crippen molar-refractivity contribution in [3.8, 4) is 0 Å². The zero-order valence-corrected chi connectivity index (χ0v) is 8.67. The Labute approximate surface area is 80.3 Å². The van der Waals surface area contributed by atoms with Gasteiger partial charge in [-0.2, -0.15) is 0 Å². The number of allylic oxidation sites excluding steroid dienone is 4. The molecule has 0 N–H and O–H groups in total. The first-order valence-corrected chi connectivity index (χ1v) is 4.68. The minimum absolute atomic E-state index is 0.268. The van der Waals surface area contributed by atoms with Gasteiger partial charge in [0.2, 0.25) is 0 Å². The highest BCUT2D eigenvalue weighted by molar-refractivity contribution is 5.67. The second-order valence-electron chi connectivity index (χ2n) is 2.94. The summed E-state index contributed by atoms with van der Waals surface area (Å²) in [5, 5.41) is 0. The summed E-state index contributed by atoms with van der Waals surface area (Å²) in [6.07, 6.45) is 9.30. The Morgan fingerprint density at radius 3 is 2.62 bits per heavy atom. The number of hydrogen-bond donors (Lipinski definition) is 0. The van der Waals surface area contributed by atoms with Crippen LogP contribution in [0.5, 0.6) is 0 Å². The van der Waals surface area contributed by atoms with Crippen molar-refractivity contribution in [1.29, 1.82) is 0 Å². The number of carbonyl (C=O) groups is 1. The van der Waals surface area contributed by atoms with E-state index < -0.39 is 0 Å². The van der Waals surface area contributed by atoms with E-state index in [1.807, 2.05) is 6.08 Å². The van der Waals surface area contributed by atoms with Crippen molar-refractivity contribution < 1.29 is 9.53 Å². The molecule has 0 rings (SSSR count). The molecule has 0 atom stereocenters. The van der Waals surface area contributed by atoms with Crippen molar-refractivity contribution in [2.45, 2.75) is 40.0 Å². The van der Waals surface area contributed by atoms with Gasteiger partial charge in [0.1, 0.15) is 5.76 Å². The van der Waals surface area contributed by atoms with E-state index in [1.54, 1.807) is 13.0 Å². The summed E-state index contributed by atoms with van der Waals surface area (Å²) in [6, 6.07) is 0. The van der Waals surface area contributed by atoms with Gasteiger partial charge in [-0.1, -0.05) is 31.9 Å². The fourth-order valence-electron chi connectivity index (χ4n) is 0.882. The van der Waals surface area contributed by atoms with E-state index in [0.717, 1.165) is 6.42 Å². The molecule has 0 saturated heterocycles. The molecule has 0 aliphatic carbocycles. The molecule has 2 heteroatoms. The minimum Gasteiger partial charge on any atom is -0.432 e. The first kappa shape index (κ1) is 11.9. The number of ether oxygens (including phenoxy) is 1. The largest absolute Gasteiger partial charge is 0.432 e. The monoisotopic (exact) mass is 182 g/mol. The second-order valence-corrected chi connectivity index (χ2v) is 2.94. The highest BCUT2D eigenvalue weighted by Crippen LogP contribution is 1.99. The third-order valence-corrected chi connectivity index (χ3v) is 1.50. The molecule has 13 heavy (non-hydrogen) atoms. The summed E-state index contributed by atoms with van der Waals surface area (Å²) in [7, 11) is 0. The molecule has 0 fully saturated rings. The quantitative estimate of drug-likeness (QED) is 0.282. The van der Waals surface area contributed by atoms with Crippen LogP contribution in [0.1, 0.15) is 40.0 Å². The van der Waals surface area contributed by atoms with Crippen molar-refractivity contribution >= 4 is 5.97 Å². The van der Waals surface area contributed by atoms with Gasteiger partial charge in [-0.3, -0.25) is 4.79 Å². The van der Waals surface area contributed by atoms with Gasteiger partial charge in [-0.15, -0.1) is 0 Å². The Morgan fingerprint density at radius 1 is 1.38 bits per heavy atom. The Bertz CT molecular complexity index is 202. The lowest BCUT2D eigenvalue weighted by Crippen LogP contribution is -1.94. The molecule has 0 spiro atoms. The van der Waals surface area contributed by atoms with Crippen LogP contribution >= 0.6 is 0 Å². The Morgan fingerprint density at radius 2 is 2.08 bits per heavy atom. The fourth-order valence-corrected chi connectivity index (χ4v) is 0.882. The van der Waals surface area contributed by atoms with Crippen molar-refractivity contribution in [3.05, 3.63) is 24.0 Å². The number of carbonyl (C=O) groups excluding carboxylic acids is 1. The number of hydrogen-bond acceptors (Lipinski definition) is 2. The molecule has 0 aromatic heterocycles. The van der Waals surface area contributed by atoms with E-state index in [4.69, 9.17) is 4.74 Å². The molecular weight excluding hydrogens is 164 g/mol. The first-order chi connectivity index (χ1) is 6.16. The van der Waals surface area contributed by atoms with E-state index in [1.165, 1.54) is 19.8 Å². The lowest BCUT2D eigenvalue weighted by Gasteiger charge is -1.97. The lowest BCUT2D eigenvalue weighted by atomic mass is 10.2. The van der Waals surface area contributed by atoms with Crippen molar-refractivity contribution in [1.82, 2.24) is 0 Å². The molecule has 74 valence electrons. The molecule has 0 unspecified atom stereocenters. The molecule has 0 aliphatic rings. The van der Waals surface area contributed by atoms with Crippen molar-refractivity contribution in [2.75, 3.05) is 0 Å². The van der Waals surface area contributed by atoms with E-state index in [2.05, 4.69) is 13.0 Å². The average Bonchev–Trinajstić information content (AvgIpc) is 2.02. The first-order valence-electron chi connectivity index (χ1n) is 4.68. The van der Waals surface area contributed by atoms with Crippen molar-refractivity contribution in [3.63, 3.8) is 0 Å². The van der Waals surface area contributed by atoms with Crippen LogP contribution in [-0.2, 0) is 9.53 Å². The van der Waals surface area contributed by atoms with Crippen LogP contribution in [-0.4, -0.2) is 5.97 Å². The normalized spacial score (nSPS) is 12.1. The van der Waals surface area contributed by atoms with Crippen LogP contribution in [0.3, 0.4) is 0 Å². The topological polar surface area (TPSA) is 26.3 Å². The van der Waals surface area contributed by atoms with Gasteiger partial charge in [0.05, 0.1) is 0 Å². The van der Waals surface area contributed by atoms with Crippen LogP contribution in [0.25, 0.3) is 0 Å².